The molecule has 7 nitrogen and oxygen atoms in total. The molecule has 24 heavy (non-hydrogen) atoms. The lowest BCUT2D eigenvalue weighted by Crippen LogP contribution is -2.27. The van der Waals surface area contributed by atoms with Gasteiger partial charge >= 0.3 is 6.09 Å². The normalized spacial score (nSPS) is 11.2. The van der Waals surface area contributed by atoms with Crippen molar-refractivity contribution in [3.05, 3.63) is 30.0 Å². The predicted molar refractivity (Wildman–Crippen MR) is 87.1 cm³/mol. The molecule has 0 aliphatic carbocycles. The van der Waals surface area contributed by atoms with Gasteiger partial charge < -0.3 is 9.47 Å². The molecule has 0 unspecified atom stereocenters. The zero-order chi connectivity index (χ0) is 17.9. The summed E-state index contributed by atoms with van der Waals surface area (Å²) >= 11 is 0. The van der Waals surface area contributed by atoms with Gasteiger partial charge in [0.05, 0.1) is 30.4 Å². The zero-order valence-corrected chi connectivity index (χ0v) is 14.4. The molecule has 0 aliphatic rings. The van der Waals surface area contributed by atoms with Crippen LogP contribution in [0, 0.1) is 12.7 Å². The predicted octanol–water partition coefficient (Wildman–Crippen LogP) is 3.46. The fraction of sp³-hybridized carbons (Fsp3) is 0.438. The van der Waals surface area contributed by atoms with Gasteiger partial charge in [0.15, 0.2) is 0 Å². The molecule has 0 aromatic carbocycles. The number of aryl methyl sites for hydroxylation is 1. The van der Waals surface area contributed by atoms with Crippen LogP contribution in [0.4, 0.5) is 14.9 Å². The summed E-state index contributed by atoms with van der Waals surface area (Å²) in [7, 11) is 0. The van der Waals surface area contributed by atoms with Crippen molar-refractivity contribution in [2.75, 3.05) is 11.9 Å². The molecule has 2 aromatic heterocycles. The van der Waals surface area contributed by atoms with Crippen LogP contribution in [0.2, 0.25) is 0 Å². The Labute approximate surface area is 139 Å². The molecule has 1 amide bonds. The van der Waals surface area contributed by atoms with Gasteiger partial charge in [-0.25, -0.2) is 9.18 Å². The van der Waals surface area contributed by atoms with E-state index in [9.17, 15) is 9.18 Å². The van der Waals surface area contributed by atoms with Crippen LogP contribution < -0.4 is 10.1 Å². The van der Waals surface area contributed by atoms with Gasteiger partial charge in [-0.15, -0.1) is 0 Å². The van der Waals surface area contributed by atoms with E-state index in [4.69, 9.17) is 9.47 Å². The maximum atomic E-state index is 13.4. The number of halogens is 1. The van der Waals surface area contributed by atoms with E-state index in [1.54, 1.807) is 34.6 Å². The molecule has 8 heteroatoms. The highest BCUT2D eigenvalue weighted by Crippen LogP contribution is 2.31. The summed E-state index contributed by atoms with van der Waals surface area (Å²) in [6.07, 6.45) is 1.93. The van der Waals surface area contributed by atoms with E-state index in [0.717, 1.165) is 6.20 Å². The lowest BCUT2D eigenvalue weighted by Gasteiger charge is -2.20. The quantitative estimate of drug-likeness (QED) is 0.925. The van der Waals surface area contributed by atoms with Gasteiger partial charge in [0.2, 0.25) is 5.88 Å². The van der Waals surface area contributed by atoms with Crippen molar-refractivity contribution in [3.8, 4) is 11.6 Å². The minimum absolute atomic E-state index is 0.285. The highest BCUT2D eigenvalue weighted by atomic mass is 19.1. The smallest absolute Gasteiger partial charge is 0.412 e. The number of pyridine rings is 1. The fourth-order valence-corrected chi connectivity index (χ4v) is 2.02. The second-order valence-corrected chi connectivity index (χ2v) is 6.10. The number of hydrogen-bond acceptors (Lipinski definition) is 5. The lowest BCUT2D eigenvalue weighted by atomic mass is 10.2. The second-order valence-electron chi connectivity index (χ2n) is 6.10. The van der Waals surface area contributed by atoms with E-state index in [-0.39, 0.29) is 5.88 Å². The molecule has 0 saturated carbocycles. The Bertz CT molecular complexity index is 737. The average molecular weight is 336 g/mol. The molecule has 130 valence electrons. The van der Waals surface area contributed by atoms with Crippen LogP contribution in [0.3, 0.4) is 0 Å². The summed E-state index contributed by atoms with van der Waals surface area (Å²) < 4.78 is 25.7. The number of amides is 1. The van der Waals surface area contributed by atoms with Crippen molar-refractivity contribution in [2.45, 2.75) is 40.2 Å². The Morgan fingerprint density at radius 1 is 1.38 bits per heavy atom. The van der Waals surface area contributed by atoms with Crippen LogP contribution in [-0.4, -0.2) is 33.1 Å². The molecule has 0 fully saturated rings. The number of nitrogens with zero attached hydrogens (tertiary/aromatic N) is 3. The van der Waals surface area contributed by atoms with Crippen molar-refractivity contribution in [1.82, 2.24) is 14.8 Å². The zero-order valence-electron chi connectivity index (χ0n) is 14.4. The number of nitrogens with one attached hydrogen (secondary N) is 1. The Kier molecular flexibility index (Phi) is 5.06. The Morgan fingerprint density at radius 3 is 2.67 bits per heavy atom. The van der Waals surface area contributed by atoms with Crippen LogP contribution in [-0.2, 0) is 4.74 Å². The van der Waals surface area contributed by atoms with E-state index in [2.05, 4.69) is 15.4 Å². The average Bonchev–Trinajstić information content (AvgIpc) is 2.75. The molecular weight excluding hydrogens is 315 g/mol. The van der Waals surface area contributed by atoms with Gasteiger partial charge in [-0.2, -0.15) is 9.78 Å². The van der Waals surface area contributed by atoms with Crippen LogP contribution in [0.5, 0.6) is 5.88 Å². The fourth-order valence-electron chi connectivity index (χ4n) is 2.02. The lowest BCUT2D eigenvalue weighted by molar-refractivity contribution is 0.0635. The highest BCUT2D eigenvalue weighted by molar-refractivity contribution is 5.87. The van der Waals surface area contributed by atoms with Crippen molar-refractivity contribution in [3.63, 3.8) is 0 Å². The van der Waals surface area contributed by atoms with Crippen LogP contribution in [0.25, 0.3) is 5.69 Å². The van der Waals surface area contributed by atoms with Gasteiger partial charge in [0.1, 0.15) is 17.1 Å². The first-order chi connectivity index (χ1) is 11.2. The van der Waals surface area contributed by atoms with Gasteiger partial charge in [-0.1, -0.05) is 0 Å². The minimum Gasteiger partial charge on any atom is -0.476 e. The highest BCUT2D eigenvalue weighted by Gasteiger charge is 2.23. The maximum absolute atomic E-state index is 13.4. The van der Waals surface area contributed by atoms with Crippen LogP contribution in [0.1, 0.15) is 33.4 Å². The van der Waals surface area contributed by atoms with Crippen molar-refractivity contribution in [1.29, 1.82) is 0 Å². The van der Waals surface area contributed by atoms with Gasteiger partial charge in [0, 0.05) is 6.07 Å². The molecule has 0 bridgehead atoms. The van der Waals surface area contributed by atoms with E-state index in [0.29, 0.717) is 23.7 Å². The summed E-state index contributed by atoms with van der Waals surface area (Å²) in [6.45, 7) is 9.16. The third-order valence-corrected chi connectivity index (χ3v) is 2.86. The number of carbonyl (C=O) groups is 1. The molecular formula is C16H21FN4O3. The van der Waals surface area contributed by atoms with E-state index < -0.39 is 17.5 Å². The summed E-state index contributed by atoms with van der Waals surface area (Å²) in [5.41, 5.74) is 0.634. The van der Waals surface area contributed by atoms with E-state index >= 15 is 0 Å². The van der Waals surface area contributed by atoms with Crippen molar-refractivity contribution in [2.24, 2.45) is 0 Å². The van der Waals surface area contributed by atoms with Gasteiger partial charge in [0.25, 0.3) is 0 Å². The number of ether oxygens (including phenoxy) is 2. The third-order valence-electron chi connectivity index (χ3n) is 2.86. The molecule has 0 spiro atoms. The molecule has 0 saturated heterocycles. The topological polar surface area (TPSA) is 78.3 Å². The molecule has 0 atom stereocenters. The summed E-state index contributed by atoms with van der Waals surface area (Å²) in [4.78, 5) is 15.8. The first-order valence-electron chi connectivity index (χ1n) is 7.54. The molecule has 2 aromatic rings. The van der Waals surface area contributed by atoms with Gasteiger partial charge in [-0.3, -0.25) is 10.3 Å². The Hall–Kier alpha value is -2.64. The number of rotatable bonds is 4. The minimum atomic E-state index is -0.633. The second kappa shape index (κ2) is 6.86. The Morgan fingerprint density at radius 2 is 2.08 bits per heavy atom. The van der Waals surface area contributed by atoms with Crippen molar-refractivity contribution < 1.29 is 18.7 Å². The summed E-state index contributed by atoms with van der Waals surface area (Å²) in [5.74, 6) is -0.210. The number of hydrogen-bond donors (Lipinski definition) is 1. The number of aromatic nitrogens is 3. The standard InChI is InChI=1S/C16H21FN4O3/c1-6-23-14-13(19-15(22)24-16(3,4)5)10(2)20-21(14)12-7-11(17)8-18-9-12/h7-9H,6H2,1-5H3,(H,19,22). The molecule has 0 radical (unpaired) electrons. The Balaban J connectivity index is 2.40. The first-order valence-corrected chi connectivity index (χ1v) is 7.54. The number of carbonyl (C=O) groups excluding carboxylic acids is 1. The van der Waals surface area contributed by atoms with Crippen molar-refractivity contribution >= 4 is 11.8 Å². The monoisotopic (exact) mass is 336 g/mol. The summed E-state index contributed by atoms with van der Waals surface area (Å²) in [6, 6.07) is 1.28. The first kappa shape index (κ1) is 17.7. The number of anilines is 1. The van der Waals surface area contributed by atoms with Crippen LogP contribution in [0.15, 0.2) is 18.5 Å². The summed E-state index contributed by atoms with van der Waals surface area (Å²) in [5, 5.41) is 6.95. The van der Waals surface area contributed by atoms with Gasteiger partial charge in [-0.05, 0) is 34.6 Å². The molecule has 1 N–H and O–H groups in total. The molecule has 0 aliphatic heterocycles. The third kappa shape index (κ3) is 4.21. The molecule has 2 rings (SSSR count). The van der Waals surface area contributed by atoms with E-state index in [1.807, 2.05) is 0 Å². The maximum Gasteiger partial charge on any atom is 0.412 e. The van der Waals surface area contributed by atoms with Crippen LogP contribution >= 0.6 is 0 Å². The largest absolute Gasteiger partial charge is 0.476 e. The van der Waals surface area contributed by atoms with E-state index in [1.165, 1.54) is 16.9 Å². The molecule has 2 heterocycles. The SMILES string of the molecule is CCOc1c(NC(=O)OC(C)(C)C)c(C)nn1-c1cncc(F)c1.